The third kappa shape index (κ3) is 4.99. The predicted molar refractivity (Wildman–Crippen MR) is 130 cm³/mol. The zero-order chi connectivity index (χ0) is 24.4. The summed E-state index contributed by atoms with van der Waals surface area (Å²) in [6.45, 7) is 0.175. The van der Waals surface area contributed by atoms with Crippen molar-refractivity contribution in [1.82, 2.24) is 5.32 Å². The maximum Gasteiger partial charge on any atom is 0.335 e. The van der Waals surface area contributed by atoms with Crippen LogP contribution in [0.25, 0.3) is 6.08 Å². The summed E-state index contributed by atoms with van der Waals surface area (Å²) in [5.41, 5.74) is 1.00. The maximum atomic E-state index is 13.3. The lowest BCUT2D eigenvalue weighted by Crippen LogP contribution is -2.54. The summed E-state index contributed by atoms with van der Waals surface area (Å²) < 4.78 is 19.5. The van der Waals surface area contributed by atoms with Gasteiger partial charge in [0.1, 0.15) is 18.0 Å². The van der Waals surface area contributed by atoms with Crippen LogP contribution in [0.2, 0.25) is 10.0 Å². The number of hydrogen-bond acceptors (Lipinski definition) is 4. The van der Waals surface area contributed by atoms with E-state index in [2.05, 4.69) is 21.2 Å². The van der Waals surface area contributed by atoms with E-state index in [4.69, 9.17) is 27.9 Å². The fourth-order valence-corrected chi connectivity index (χ4v) is 4.39. The van der Waals surface area contributed by atoms with Gasteiger partial charge in [-0.05, 0) is 70.0 Å². The Balaban J connectivity index is 1.61. The summed E-state index contributed by atoms with van der Waals surface area (Å²) in [5, 5.41) is 2.89. The first-order valence-electron chi connectivity index (χ1n) is 9.77. The lowest BCUT2D eigenvalue weighted by Gasteiger charge is -2.26. The molecule has 1 fully saturated rings. The van der Waals surface area contributed by atoms with Gasteiger partial charge >= 0.3 is 6.03 Å². The number of hydrogen-bond donors (Lipinski definition) is 1. The van der Waals surface area contributed by atoms with Crippen LogP contribution < -0.4 is 15.0 Å². The van der Waals surface area contributed by atoms with Crippen LogP contribution in [0, 0.1) is 5.82 Å². The Morgan fingerprint density at radius 2 is 1.71 bits per heavy atom. The van der Waals surface area contributed by atoms with E-state index in [0.29, 0.717) is 20.8 Å². The second-order valence-electron chi connectivity index (χ2n) is 7.13. The van der Waals surface area contributed by atoms with E-state index in [-0.39, 0.29) is 22.9 Å². The first kappa shape index (κ1) is 23.9. The van der Waals surface area contributed by atoms with Crippen molar-refractivity contribution < 1.29 is 23.5 Å². The number of barbiturate groups is 1. The number of benzene rings is 3. The average molecular weight is 564 g/mol. The molecule has 4 amide bonds. The van der Waals surface area contributed by atoms with Gasteiger partial charge < -0.3 is 4.74 Å². The maximum absolute atomic E-state index is 13.3. The molecule has 0 aromatic heterocycles. The molecule has 0 atom stereocenters. The molecule has 0 unspecified atom stereocenters. The minimum absolute atomic E-state index is 0.116. The monoisotopic (exact) mass is 562 g/mol. The highest BCUT2D eigenvalue weighted by Crippen LogP contribution is 2.36. The second kappa shape index (κ2) is 9.97. The number of imide groups is 2. The number of urea groups is 1. The molecule has 0 radical (unpaired) electrons. The highest BCUT2D eigenvalue weighted by molar-refractivity contribution is 9.10. The van der Waals surface area contributed by atoms with Crippen LogP contribution in [-0.4, -0.2) is 17.8 Å². The summed E-state index contributed by atoms with van der Waals surface area (Å²) in [5.74, 6) is -1.89. The van der Waals surface area contributed by atoms with Crippen molar-refractivity contribution in [1.29, 1.82) is 0 Å². The molecule has 6 nitrogen and oxygen atoms in total. The van der Waals surface area contributed by atoms with Gasteiger partial charge in [-0.15, -0.1) is 0 Å². The van der Waals surface area contributed by atoms with Gasteiger partial charge in [0.25, 0.3) is 11.8 Å². The molecule has 10 heteroatoms. The standard InChI is InChI=1S/C24H14BrCl2FN2O4/c25-18-10-13(11-20(27)21(18)34-12-14-3-1-2-4-19(14)26)9-17-22(31)29-24(33)30(23(17)32)16-7-5-15(28)6-8-16/h1-11H,12H2,(H,29,31,33)/b17-9+. The smallest absolute Gasteiger partial charge is 0.335 e. The number of anilines is 1. The fourth-order valence-electron chi connectivity index (χ4n) is 3.21. The van der Waals surface area contributed by atoms with Crippen LogP contribution in [0.3, 0.4) is 0 Å². The summed E-state index contributed by atoms with van der Waals surface area (Å²) in [6.07, 6.45) is 1.30. The number of rotatable bonds is 5. The number of carbonyl (C=O) groups excluding carboxylic acids is 3. The Bertz CT molecular complexity index is 1320. The molecule has 0 saturated carbocycles. The largest absolute Gasteiger partial charge is 0.486 e. The van der Waals surface area contributed by atoms with Crippen LogP contribution in [0.5, 0.6) is 5.75 Å². The summed E-state index contributed by atoms with van der Waals surface area (Å²) in [7, 11) is 0. The minimum atomic E-state index is -0.929. The summed E-state index contributed by atoms with van der Waals surface area (Å²) in [4.78, 5) is 38.4. The van der Waals surface area contributed by atoms with E-state index in [1.165, 1.54) is 24.3 Å². The van der Waals surface area contributed by atoms with Crippen molar-refractivity contribution in [3.05, 3.63) is 97.7 Å². The Hall–Kier alpha value is -3.20. The minimum Gasteiger partial charge on any atom is -0.486 e. The first-order chi connectivity index (χ1) is 16.2. The molecule has 1 saturated heterocycles. The SMILES string of the molecule is O=C1NC(=O)N(c2ccc(F)cc2)C(=O)/C1=C/c1cc(Cl)c(OCc2ccccc2Cl)c(Br)c1. The number of amides is 4. The van der Waals surface area contributed by atoms with Gasteiger partial charge in [0.2, 0.25) is 0 Å². The van der Waals surface area contributed by atoms with Crippen molar-refractivity contribution in [2.45, 2.75) is 6.61 Å². The molecule has 3 aromatic rings. The molecule has 172 valence electrons. The van der Waals surface area contributed by atoms with Crippen molar-refractivity contribution >= 4 is 68.7 Å². The Morgan fingerprint density at radius 1 is 1.00 bits per heavy atom. The molecule has 3 aromatic carbocycles. The summed E-state index contributed by atoms with van der Waals surface area (Å²) >= 11 is 15.9. The molecule has 1 heterocycles. The van der Waals surface area contributed by atoms with Gasteiger partial charge in [-0.2, -0.15) is 0 Å². The molecule has 1 N–H and O–H groups in total. The Morgan fingerprint density at radius 3 is 2.38 bits per heavy atom. The normalized spacial score (nSPS) is 15.0. The van der Waals surface area contributed by atoms with Crippen molar-refractivity contribution in [3.63, 3.8) is 0 Å². The van der Waals surface area contributed by atoms with E-state index >= 15 is 0 Å². The lowest BCUT2D eigenvalue weighted by molar-refractivity contribution is -0.122. The Labute approximate surface area is 212 Å². The van der Waals surface area contributed by atoms with Gasteiger partial charge in [-0.1, -0.05) is 41.4 Å². The molecular formula is C24H14BrCl2FN2O4. The van der Waals surface area contributed by atoms with Crippen molar-refractivity contribution in [2.75, 3.05) is 4.90 Å². The zero-order valence-electron chi connectivity index (χ0n) is 17.2. The third-order valence-corrected chi connectivity index (χ3v) is 6.09. The van der Waals surface area contributed by atoms with E-state index in [9.17, 15) is 18.8 Å². The summed E-state index contributed by atoms with van der Waals surface area (Å²) in [6, 6.07) is 14.2. The predicted octanol–water partition coefficient (Wildman–Crippen LogP) is 6.14. The van der Waals surface area contributed by atoms with Crippen molar-refractivity contribution in [2.24, 2.45) is 0 Å². The van der Waals surface area contributed by atoms with Gasteiger partial charge in [0.05, 0.1) is 15.2 Å². The van der Waals surface area contributed by atoms with E-state index in [0.717, 1.165) is 22.6 Å². The quantitative estimate of drug-likeness (QED) is 0.299. The molecule has 0 spiro atoms. The molecule has 4 rings (SSSR count). The fraction of sp³-hybridized carbons (Fsp3) is 0.0417. The molecule has 0 aliphatic carbocycles. The number of nitrogens with zero attached hydrogens (tertiary/aromatic N) is 1. The second-order valence-corrected chi connectivity index (χ2v) is 8.80. The molecular weight excluding hydrogens is 550 g/mol. The van der Waals surface area contributed by atoms with Crippen LogP contribution in [0.1, 0.15) is 11.1 Å². The van der Waals surface area contributed by atoms with Crippen LogP contribution in [0.15, 0.2) is 70.7 Å². The van der Waals surface area contributed by atoms with E-state index in [1.807, 2.05) is 18.2 Å². The Kier molecular flexibility index (Phi) is 7.02. The average Bonchev–Trinajstić information content (AvgIpc) is 2.78. The molecule has 1 aliphatic rings. The highest BCUT2D eigenvalue weighted by Gasteiger charge is 2.36. The van der Waals surface area contributed by atoms with E-state index in [1.54, 1.807) is 12.1 Å². The van der Waals surface area contributed by atoms with Gasteiger partial charge in [0, 0.05) is 10.6 Å². The van der Waals surface area contributed by atoms with Crippen LogP contribution in [-0.2, 0) is 16.2 Å². The molecule has 1 aliphatic heterocycles. The number of ether oxygens (including phenoxy) is 1. The topological polar surface area (TPSA) is 75.7 Å². The third-order valence-electron chi connectivity index (χ3n) is 4.85. The van der Waals surface area contributed by atoms with Gasteiger partial charge in [-0.25, -0.2) is 14.1 Å². The number of nitrogens with one attached hydrogen (secondary N) is 1. The number of halogens is 4. The molecule has 0 bridgehead atoms. The lowest BCUT2D eigenvalue weighted by atomic mass is 10.1. The van der Waals surface area contributed by atoms with Gasteiger partial charge in [0.15, 0.2) is 5.75 Å². The van der Waals surface area contributed by atoms with Crippen LogP contribution in [0.4, 0.5) is 14.9 Å². The van der Waals surface area contributed by atoms with E-state index < -0.39 is 23.7 Å². The van der Waals surface area contributed by atoms with Crippen LogP contribution >= 0.6 is 39.1 Å². The first-order valence-corrected chi connectivity index (χ1v) is 11.3. The van der Waals surface area contributed by atoms with Gasteiger partial charge in [-0.3, -0.25) is 14.9 Å². The molecule has 34 heavy (non-hydrogen) atoms. The zero-order valence-corrected chi connectivity index (χ0v) is 20.2. The highest BCUT2D eigenvalue weighted by atomic mass is 79.9. The van der Waals surface area contributed by atoms with Crippen molar-refractivity contribution in [3.8, 4) is 5.75 Å². The number of carbonyl (C=O) groups is 3.